The number of aromatic nitrogens is 1. The number of aromatic amines is 1. The molecule has 0 saturated heterocycles. The van der Waals surface area contributed by atoms with Gasteiger partial charge in [-0.05, 0) is 54.4 Å². The van der Waals surface area contributed by atoms with E-state index in [4.69, 9.17) is 11.6 Å². The van der Waals surface area contributed by atoms with E-state index in [1.54, 1.807) is 12.1 Å². The Morgan fingerprint density at radius 3 is 2.84 bits per heavy atom. The zero-order valence-electron chi connectivity index (χ0n) is 13.6. The third kappa shape index (κ3) is 2.87. The van der Waals surface area contributed by atoms with Crippen molar-refractivity contribution in [2.24, 2.45) is 0 Å². The molecule has 126 valence electrons. The second kappa shape index (κ2) is 5.93. The number of hydrogen-bond donors (Lipinski definition) is 3. The number of hydrogen-bond acceptors (Lipinski definition) is 3. The Hall–Kier alpha value is -2.79. The van der Waals surface area contributed by atoms with Gasteiger partial charge in [-0.1, -0.05) is 11.6 Å². The summed E-state index contributed by atoms with van der Waals surface area (Å²) in [6.07, 6.45) is 0. The number of carbonyl (C=O) groups is 1. The molecule has 1 amide bonds. The Morgan fingerprint density at radius 1 is 1.16 bits per heavy atom. The topological polar surface area (TPSA) is 74.0 Å². The van der Waals surface area contributed by atoms with Crippen molar-refractivity contribution in [3.05, 3.63) is 74.0 Å². The maximum absolute atomic E-state index is 12.3. The lowest BCUT2D eigenvalue weighted by Crippen LogP contribution is -2.16. The first-order valence-corrected chi connectivity index (χ1v) is 8.36. The van der Waals surface area contributed by atoms with Crippen LogP contribution in [0.3, 0.4) is 0 Å². The molecule has 25 heavy (non-hydrogen) atoms. The van der Waals surface area contributed by atoms with Gasteiger partial charge < -0.3 is 15.6 Å². The minimum absolute atomic E-state index is 0.0556. The van der Waals surface area contributed by atoms with Crippen molar-refractivity contribution in [3.63, 3.8) is 0 Å². The molecule has 1 aromatic heterocycles. The van der Waals surface area contributed by atoms with Crippen LogP contribution < -0.4 is 16.2 Å². The average Bonchev–Trinajstić information content (AvgIpc) is 2.95. The van der Waals surface area contributed by atoms with E-state index in [9.17, 15) is 9.59 Å². The van der Waals surface area contributed by atoms with E-state index >= 15 is 0 Å². The van der Waals surface area contributed by atoms with Crippen molar-refractivity contribution in [2.45, 2.75) is 20.0 Å². The normalized spacial score (nSPS) is 13.0. The first-order chi connectivity index (χ1) is 12.0. The maximum Gasteiger partial charge on any atom is 0.253 e. The highest BCUT2D eigenvalue weighted by Gasteiger charge is 2.21. The van der Waals surface area contributed by atoms with Crippen LogP contribution in [0.2, 0.25) is 5.02 Å². The van der Waals surface area contributed by atoms with E-state index in [0.29, 0.717) is 29.2 Å². The fraction of sp³-hybridized carbons (Fsp3) is 0.158. The lowest BCUT2D eigenvalue weighted by atomic mass is 10.0. The van der Waals surface area contributed by atoms with Crippen molar-refractivity contribution in [1.29, 1.82) is 0 Å². The highest BCUT2D eigenvalue weighted by molar-refractivity contribution is 6.31. The van der Waals surface area contributed by atoms with E-state index in [-0.39, 0.29) is 11.5 Å². The zero-order valence-corrected chi connectivity index (χ0v) is 14.3. The van der Waals surface area contributed by atoms with Gasteiger partial charge in [-0.3, -0.25) is 9.59 Å². The predicted octanol–water partition coefficient (Wildman–Crippen LogP) is 3.35. The maximum atomic E-state index is 12.3. The van der Waals surface area contributed by atoms with Crippen LogP contribution in [0.15, 0.2) is 41.2 Å². The molecule has 0 spiro atoms. The highest BCUT2D eigenvalue weighted by atomic mass is 35.5. The van der Waals surface area contributed by atoms with Crippen molar-refractivity contribution in [2.75, 3.05) is 5.32 Å². The third-order valence-corrected chi connectivity index (χ3v) is 4.74. The Bertz CT molecular complexity index is 1070. The molecule has 2 aromatic carbocycles. The summed E-state index contributed by atoms with van der Waals surface area (Å²) in [6.45, 7) is 2.91. The molecule has 3 aromatic rings. The number of carbonyl (C=O) groups excluding carboxylic acids is 1. The molecular formula is C19H16ClN3O2. The predicted molar refractivity (Wildman–Crippen MR) is 99.3 cm³/mol. The summed E-state index contributed by atoms with van der Waals surface area (Å²) in [6, 6.07) is 11.0. The fourth-order valence-electron chi connectivity index (χ4n) is 3.17. The molecule has 0 bridgehead atoms. The van der Waals surface area contributed by atoms with Gasteiger partial charge in [0.15, 0.2) is 0 Å². The van der Waals surface area contributed by atoms with Gasteiger partial charge in [-0.15, -0.1) is 0 Å². The van der Waals surface area contributed by atoms with Gasteiger partial charge in [0.05, 0.1) is 0 Å². The van der Waals surface area contributed by atoms with Crippen molar-refractivity contribution >= 4 is 34.1 Å². The van der Waals surface area contributed by atoms with E-state index in [1.165, 1.54) is 0 Å². The van der Waals surface area contributed by atoms with Gasteiger partial charge >= 0.3 is 0 Å². The summed E-state index contributed by atoms with van der Waals surface area (Å²) >= 11 is 6.02. The minimum Gasteiger partial charge on any atom is -0.381 e. The Kier molecular flexibility index (Phi) is 3.73. The van der Waals surface area contributed by atoms with E-state index in [1.807, 2.05) is 31.2 Å². The molecule has 0 radical (unpaired) electrons. The monoisotopic (exact) mass is 353 g/mol. The van der Waals surface area contributed by atoms with Crippen LogP contribution in [0.5, 0.6) is 0 Å². The van der Waals surface area contributed by atoms with Crippen LogP contribution >= 0.6 is 11.6 Å². The molecule has 4 rings (SSSR count). The molecule has 1 aliphatic rings. The zero-order chi connectivity index (χ0) is 17.6. The number of H-pyrrole nitrogens is 1. The second-order valence-corrected chi connectivity index (χ2v) is 6.65. The summed E-state index contributed by atoms with van der Waals surface area (Å²) in [4.78, 5) is 27.0. The van der Waals surface area contributed by atoms with E-state index in [2.05, 4.69) is 15.6 Å². The molecule has 2 heterocycles. The second-order valence-electron chi connectivity index (χ2n) is 6.21. The number of fused-ring (bicyclic) bond motifs is 2. The standard InChI is InChI=1S/C19H16ClN3O2/c1-10-4-14(7-15-16(10)9-22-19(15)25)21-8-12-5-11-6-13(20)2-3-17(11)23-18(12)24/h2-7,21H,8-9H2,1H3,(H,22,25)(H,23,24). The number of anilines is 1. The van der Waals surface area contributed by atoms with Crippen molar-refractivity contribution in [1.82, 2.24) is 10.3 Å². The van der Waals surface area contributed by atoms with Gasteiger partial charge in [-0.2, -0.15) is 0 Å². The molecule has 0 unspecified atom stereocenters. The fourth-order valence-corrected chi connectivity index (χ4v) is 3.35. The van der Waals surface area contributed by atoms with Crippen LogP contribution in [0.4, 0.5) is 5.69 Å². The van der Waals surface area contributed by atoms with Gasteiger partial charge in [-0.25, -0.2) is 0 Å². The Labute approximate surface area is 149 Å². The Morgan fingerprint density at radius 2 is 2.00 bits per heavy atom. The number of halogens is 1. The molecule has 5 nitrogen and oxygen atoms in total. The molecular weight excluding hydrogens is 338 g/mol. The SMILES string of the molecule is Cc1cc(NCc2cc3cc(Cl)ccc3[nH]c2=O)cc2c1CNC2=O. The first-order valence-electron chi connectivity index (χ1n) is 7.98. The summed E-state index contributed by atoms with van der Waals surface area (Å²) < 4.78 is 0. The largest absolute Gasteiger partial charge is 0.381 e. The molecule has 6 heteroatoms. The lowest BCUT2D eigenvalue weighted by molar-refractivity contribution is 0.0966. The third-order valence-electron chi connectivity index (χ3n) is 4.51. The van der Waals surface area contributed by atoms with E-state index in [0.717, 1.165) is 27.7 Å². The highest BCUT2D eigenvalue weighted by Crippen LogP contribution is 2.25. The van der Waals surface area contributed by atoms with Crippen molar-refractivity contribution < 1.29 is 4.79 Å². The molecule has 3 N–H and O–H groups in total. The lowest BCUT2D eigenvalue weighted by Gasteiger charge is -2.10. The number of nitrogens with one attached hydrogen (secondary N) is 3. The Balaban J connectivity index is 1.64. The number of benzene rings is 2. The van der Waals surface area contributed by atoms with E-state index < -0.39 is 0 Å². The van der Waals surface area contributed by atoms with Crippen LogP contribution in [0.1, 0.15) is 27.0 Å². The van der Waals surface area contributed by atoms with Gasteiger partial charge in [0.25, 0.3) is 11.5 Å². The van der Waals surface area contributed by atoms with Crippen molar-refractivity contribution in [3.8, 4) is 0 Å². The van der Waals surface area contributed by atoms with Crippen LogP contribution in [0.25, 0.3) is 10.9 Å². The quantitative estimate of drug-likeness (QED) is 0.676. The molecule has 0 aliphatic carbocycles. The molecule has 0 atom stereocenters. The summed E-state index contributed by atoms with van der Waals surface area (Å²) in [5, 5.41) is 7.57. The summed E-state index contributed by atoms with van der Waals surface area (Å²) in [5.41, 5.74) is 4.82. The number of aryl methyl sites for hydroxylation is 1. The number of rotatable bonds is 3. The molecule has 0 saturated carbocycles. The smallest absolute Gasteiger partial charge is 0.253 e. The van der Waals surface area contributed by atoms with Gasteiger partial charge in [0, 0.05) is 45.8 Å². The average molecular weight is 354 g/mol. The number of amides is 1. The van der Waals surface area contributed by atoms with Gasteiger partial charge in [0.2, 0.25) is 0 Å². The first kappa shape index (κ1) is 15.7. The minimum atomic E-state index is -0.141. The van der Waals surface area contributed by atoms with Crippen LogP contribution in [0, 0.1) is 6.92 Å². The molecule has 0 fully saturated rings. The number of pyridine rings is 1. The van der Waals surface area contributed by atoms with Crippen LogP contribution in [-0.4, -0.2) is 10.9 Å². The van der Waals surface area contributed by atoms with Gasteiger partial charge in [0.1, 0.15) is 0 Å². The summed E-state index contributed by atoms with van der Waals surface area (Å²) in [5.74, 6) is -0.0556. The summed E-state index contributed by atoms with van der Waals surface area (Å²) in [7, 11) is 0. The van der Waals surface area contributed by atoms with Crippen LogP contribution in [-0.2, 0) is 13.1 Å². The molecule has 1 aliphatic heterocycles.